The number of thioether (sulfide) groups is 1. The van der Waals surface area contributed by atoms with Gasteiger partial charge in [0.15, 0.2) is 0 Å². The SMILES string of the molecule is CC(=O)NC(CSSN(C=O)c1ccc(NC(=S)SCC(NC(C)=O)C(=O)O)cc1)C(=O)O. The highest BCUT2D eigenvalue weighted by molar-refractivity contribution is 8.77. The van der Waals surface area contributed by atoms with E-state index in [9.17, 15) is 24.0 Å². The second-order valence-corrected chi connectivity index (χ2v) is 10.2. The zero-order valence-corrected chi connectivity index (χ0v) is 20.7. The van der Waals surface area contributed by atoms with E-state index < -0.39 is 35.8 Å². The summed E-state index contributed by atoms with van der Waals surface area (Å²) >= 11 is 6.25. The van der Waals surface area contributed by atoms with Gasteiger partial charge in [0.25, 0.3) is 0 Å². The Labute approximate surface area is 207 Å². The van der Waals surface area contributed by atoms with Crippen LogP contribution in [0.25, 0.3) is 0 Å². The van der Waals surface area contributed by atoms with Gasteiger partial charge < -0.3 is 26.2 Å². The zero-order valence-electron chi connectivity index (χ0n) is 17.5. The van der Waals surface area contributed by atoms with Crippen LogP contribution in [0.1, 0.15) is 13.8 Å². The monoisotopic (exact) mass is 534 g/mol. The molecule has 0 spiro atoms. The number of hydrogen-bond acceptors (Lipinski definition) is 9. The molecule has 15 heteroatoms. The minimum atomic E-state index is -1.17. The molecule has 0 aromatic heterocycles. The molecule has 33 heavy (non-hydrogen) atoms. The lowest BCUT2D eigenvalue weighted by molar-refractivity contribution is -0.141. The maximum absolute atomic E-state index is 11.4. The molecule has 1 aromatic rings. The molecule has 2 unspecified atom stereocenters. The van der Waals surface area contributed by atoms with Crippen molar-refractivity contribution in [1.29, 1.82) is 0 Å². The second-order valence-electron chi connectivity index (χ2n) is 6.24. The summed E-state index contributed by atoms with van der Waals surface area (Å²) in [5.74, 6) is -3.17. The fourth-order valence-electron chi connectivity index (χ4n) is 2.12. The summed E-state index contributed by atoms with van der Waals surface area (Å²) in [5, 5.41) is 25.8. The average Bonchev–Trinajstić information content (AvgIpc) is 2.73. The Morgan fingerprint density at radius 3 is 1.97 bits per heavy atom. The Balaban J connectivity index is 2.60. The Hall–Kier alpha value is -2.49. The molecule has 0 aliphatic rings. The van der Waals surface area contributed by atoms with Crippen LogP contribution in [0.3, 0.4) is 0 Å². The summed E-state index contributed by atoms with van der Waals surface area (Å²) in [7, 11) is 2.10. The summed E-state index contributed by atoms with van der Waals surface area (Å²) in [6.07, 6.45) is 0.572. The van der Waals surface area contributed by atoms with E-state index in [0.717, 1.165) is 33.5 Å². The van der Waals surface area contributed by atoms with Crippen LogP contribution in [0.4, 0.5) is 11.4 Å². The number of carbonyl (C=O) groups excluding carboxylic acids is 3. The van der Waals surface area contributed by atoms with Gasteiger partial charge in [-0.15, -0.1) is 0 Å². The maximum atomic E-state index is 11.4. The first-order chi connectivity index (χ1) is 15.5. The predicted octanol–water partition coefficient (Wildman–Crippen LogP) is 1.55. The second kappa shape index (κ2) is 14.6. The third-order valence-corrected chi connectivity index (χ3v) is 7.12. The van der Waals surface area contributed by atoms with Gasteiger partial charge >= 0.3 is 11.9 Å². The number of aliphatic carboxylic acids is 2. The molecule has 1 rings (SSSR count). The van der Waals surface area contributed by atoms with Crippen molar-refractivity contribution in [2.24, 2.45) is 0 Å². The molecule has 1 aromatic carbocycles. The van der Waals surface area contributed by atoms with Crippen LogP contribution in [0.2, 0.25) is 0 Å². The maximum Gasteiger partial charge on any atom is 0.327 e. The largest absolute Gasteiger partial charge is 0.480 e. The molecule has 0 fully saturated rings. The summed E-state index contributed by atoms with van der Waals surface area (Å²) in [4.78, 5) is 55.9. The molecule has 180 valence electrons. The van der Waals surface area contributed by atoms with Gasteiger partial charge in [0.2, 0.25) is 18.2 Å². The van der Waals surface area contributed by atoms with E-state index in [0.29, 0.717) is 22.1 Å². The number of hydrogen-bond donors (Lipinski definition) is 5. The Morgan fingerprint density at radius 1 is 1.00 bits per heavy atom. The number of benzene rings is 1. The van der Waals surface area contributed by atoms with Gasteiger partial charge in [0.05, 0.1) is 5.69 Å². The molecule has 0 saturated carbocycles. The lowest BCUT2D eigenvalue weighted by Gasteiger charge is -2.18. The summed E-state index contributed by atoms with van der Waals surface area (Å²) in [6, 6.07) is 4.43. The first-order valence-electron chi connectivity index (χ1n) is 9.11. The van der Waals surface area contributed by atoms with Crippen molar-refractivity contribution in [3.8, 4) is 0 Å². The number of thiocarbonyl (C=S) groups is 1. The van der Waals surface area contributed by atoms with Crippen molar-refractivity contribution in [2.45, 2.75) is 25.9 Å². The molecule has 0 heterocycles. The molecule has 11 nitrogen and oxygen atoms in total. The van der Waals surface area contributed by atoms with E-state index in [4.69, 9.17) is 22.4 Å². The number of rotatable bonds is 13. The first-order valence-corrected chi connectivity index (χ1v) is 12.8. The van der Waals surface area contributed by atoms with Crippen LogP contribution in [0.15, 0.2) is 24.3 Å². The molecule has 0 aliphatic heterocycles. The fourth-order valence-corrected chi connectivity index (χ4v) is 5.25. The molecule has 5 N–H and O–H groups in total. The molecule has 0 aliphatic carbocycles. The van der Waals surface area contributed by atoms with E-state index >= 15 is 0 Å². The predicted molar refractivity (Wildman–Crippen MR) is 134 cm³/mol. The first kappa shape index (κ1) is 28.5. The fraction of sp³-hybridized carbons (Fsp3) is 0.333. The van der Waals surface area contributed by atoms with E-state index in [1.165, 1.54) is 18.2 Å². The Morgan fingerprint density at radius 2 is 1.52 bits per heavy atom. The Kier molecular flexibility index (Phi) is 12.6. The number of amides is 3. The van der Waals surface area contributed by atoms with E-state index in [1.807, 2.05) is 0 Å². The molecular formula is C18H22N4O7S4. The van der Waals surface area contributed by atoms with Crippen LogP contribution in [0, 0.1) is 0 Å². The van der Waals surface area contributed by atoms with Crippen molar-refractivity contribution in [3.05, 3.63) is 24.3 Å². The number of nitrogens with one attached hydrogen (secondary N) is 3. The molecule has 2 atom stereocenters. The van der Waals surface area contributed by atoms with Gasteiger partial charge in [-0.05, 0) is 24.3 Å². The van der Waals surface area contributed by atoms with E-state index in [-0.39, 0.29) is 11.5 Å². The number of nitrogens with zero attached hydrogens (tertiary/aromatic N) is 1. The normalized spacial score (nSPS) is 12.1. The van der Waals surface area contributed by atoms with Gasteiger partial charge in [0, 0.05) is 42.0 Å². The third-order valence-electron chi connectivity index (χ3n) is 3.56. The molecule has 0 bridgehead atoms. The lowest BCUT2D eigenvalue weighted by Crippen LogP contribution is -2.41. The number of carboxylic acid groups (broad SMARTS) is 2. The minimum Gasteiger partial charge on any atom is -0.480 e. The van der Waals surface area contributed by atoms with Crippen LogP contribution in [0.5, 0.6) is 0 Å². The Bertz CT molecular complexity index is 885. The highest BCUT2D eigenvalue weighted by Crippen LogP contribution is 2.31. The lowest BCUT2D eigenvalue weighted by atomic mass is 10.3. The highest BCUT2D eigenvalue weighted by atomic mass is 33.1. The van der Waals surface area contributed by atoms with Crippen molar-refractivity contribution in [2.75, 3.05) is 21.1 Å². The quantitative estimate of drug-likeness (QED) is 0.107. The molecule has 0 saturated heterocycles. The van der Waals surface area contributed by atoms with E-state index in [2.05, 4.69) is 16.0 Å². The average molecular weight is 535 g/mol. The third kappa shape index (κ3) is 11.3. The number of anilines is 2. The van der Waals surface area contributed by atoms with Gasteiger partial charge in [-0.2, -0.15) is 0 Å². The van der Waals surface area contributed by atoms with Crippen LogP contribution in [-0.4, -0.2) is 68.3 Å². The summed E-state index contributed by atoms with van der Waals surface area (Å²) in [6.45, 7) is 2.45. The zero-order chi connectivity index (χ0) is 25.0. The summed E-state index contributed by atoms with van der Waals surface area (Å²) in [5.41, 5.74) is 1.12. The minimum absolute atomic E-state index is 0.0431. The van der Waals surface area contributed by atoms with Crippen LogP contribution < -0.4 is 20.3 Å². The number of carboxylic acids is 2. The highest BCUT2D eigenvalue weighted by Gasteiger charge is 2.20. The van der Waals surface area contributed by atoms with Crippen LogP contribution in [-0.2, 0) is 24.0 Å². The molecule has 0 radical (unpaired) electrons. The topological polar surface area (TPSA) is 165 Å². The summed E-state index contributed by atoms with van der Waals surface area (Å²) < 4.78 is 1.59. The van der Waals surface area contributed by atoms with Gasteiger partial charge in [-0.25, -0.2) is 13.9 Å². The van der Waals surface area contributed by atoms with Crippen molar-refractivity contribution in [3.63, 3.8) is 0 Å². The van der Waals surface area contributed by atoms with Gasteiger partial charge in [0.1, 0.15) is 16.4 Å². The van der Waals surface area contributed by atoms with E-state index in [1.54, 1.807) is 24.3 Å². The van der Waals surface area contributed by atoms with Gasteiger partial charge in [-0.1, -0.05) is 34.8 Å². The van der Waals surface area contributed by atoms with Gasteiger partial charge in [-0.3, -0.25) is 14.4 Å². The van der Waals surface area contributed by atoms with Crippen LogP contribution >= 0.6 is 45.8 Å². The van der Waals surface area contributed by atoms with Crippen molar-refractivity contribution < 1.29 is 34.2 Å². The van der Waals surface area contributed by atoms with Crippen molar-refractivity contribution in [1.82, 2.24) is 10.6 Å². The molecular weight excluding hydrogens is 512 g/mol. The number of carbonyl (C=O) groups is 5. The standard InChI is InChI=1S/C18H22N4O7S4/c1-10(24)19-14(16(26)27)7-31-18(30)21-12-3-5-13(6-4-12)22(9-23)33-32-8-15(17(28)29)20-11(2)25/h3-6,9,14-15H,7-8H2,1-2H3,(H,19,24)(H,20,25)(H,21,30)(H,26,27)(H,28,29). The molecule has 3 amide bonds. The smallest absolute Gasteiger partial charge is 0.327 e. The van der Waals surface area contributed by atoms with Crippen molar-refractivity contribution >= 4 is 91.6 Å².